The van der Waals surface area contributed by atoms with Crippen LogP contribution in [0.3, 0.4) is 0 Å². The normalized spacial score (nSPS) is 15.3. The average Bonchev–Trinajstić information content (AvgIpc) is 2.83. The minimum absolute atomic E-state index is 0.192. The summed E-state index contributed by atoms with van der Waals surface area (Å²) in [6.07, 6.45) is 5.46. The number of rotatable bonds is 2. The number of amides is 1. The van der Waals surface area contributed by atoms with Crippen molar-refractivity contribution in [2.24, 2.45) is 0 Å². The maximum absolute atomic E-state index is 12.0. The van der Waals surface area contributed by atoms with Crippen molar-refractivity contribution in [2.75, 3.05) is 13.1 Å². The fourth-order valence-corrected chi connectivity index (χ4v) is 3.08. The molecule has 0 radical (unpaired) electrons. The predicted octanol–water partition coefficient (Wildman–Crippen LogP) is 2.55. The number of hydrogen-bond donors (Lipinski definition) is 0. The molecule has 1 amide bonds. The highest BCUT2D eigenvalue weighted by atomic mass is 31.0. The fraction of sp³-hybridized carbons (Fsp3) is 0.471. The Labute approximate surface area is 144 Å². The number of pyridine rings is 1. The largest absolute Gasteiger partial charge is 0.444 e. The molecule has 0 aromatic carbocycles. The van der Waals surface area contributed by atoms with Crippen LogP contribution in [0.15, 0.2) is 24.7 Å². The van der Waals surface area contributed by atoms with Crippen molar-refractivity contribution in [3.05, 3.63) is 30.4 Å². The first-order valence-electron chi connectivity index (χ1n) is 7.97. The van der Waals surface area contributed by atoms with Gasteiger partial charge in [0, 0.05) is 42.3 Å². The van der Waals surface area contributed by atoms with Crippen molar-refractivity contribution in [3.8, 4) is 11.1 Å². The lowest BCUT2D eigenvalue weighted by atomic mass is 10.1. The van der Waals surface area contributed by atoms with Gasteiger partial charge in [-0.15, -0.1) is 9.24 Å². The van der Waals surface area contributed by atoms with E-state index in [1.807, 2.05) is 57.0 Å². The third-order valence-electron chi connectivity index (χ3n) is 3.87. The van der Waals surface area contributed by atoms with Crippen LogP contribution in [0, 0.1) is 6.92 Å². The molecule has 0 bridgehead atoms. The minimum atomic E-state index is -0.464. The molecule has 2 aromatic heterocycles. The molecule has 3 rings (SSSR count). The van der Waals surface area contributed by atoms with E-state index in [9.17, 15) is 4.79 Å². The summed E-state index contributed by atoms with van der Waals surface area (Å²) in [6.45, 7) is 8.83. The number of aromatic nitrogens is 3. The van der Waals surface area contributed by atoms with E-state index >= 15 is 0 Å². The van der Waals surface area contributed by atoms with Crippen LogP contribution < -0.4 is 5.30 Å². The van der Waals surface area contributed by atoms with Gasteiger partial charge in [0.05, 0.1) is 12.2 Å². The Bertz CT molecular complexity index is 760. The Morgan fingerprint density at radius 2 is 2.04 bits per heavy atom. The van der Waals surface area contributed by atoms with Gasteiger partial charge in [0.2, 0.25) is 0 Å². The molecule has 1 aliphatic rings. The quantitative estimate of drug-likeness (QED) is 0.784. The van der Waals surface area contributed by atoms with Crippen LogP contribution in [0.2, 0.25) is 0 Å². The highest BCUT2D eigenvalue weighted by Crippen LogP contribution is 2.26. The van der Waals surface area contributed by atoms with E-state index in [1.54, 1.807) is 4.90 Å². The van der Waals surface area contributed by atoms with Crippen LogP contribution in [0.5, 0.6) is 0 Å². The monoisotopic (exact) mass is 346 g/mol. The molecule has 24 heavy (non-hydrogen) atoms. The summed E-state index contributed by atoms with van der Waals surface area (Å²) in [5.74, 6) is 0. The number of hydrogen-bond acceptors (Lipinski definition) is 4. The van der Waals surface area contributed by atoms with Gasteiger partial charge in [0.1, 0.15) is 5.60 Å². The van der Waals surface area contributed by atoms with Gasteiger partial charge in [-0.3, -0.25) is 9.67 Å². The number of ether oxygens (including phenoxy) is 1. The first-order valence-corrected chi connectivity index (χ1v) is 8.55. The van der Waals surface area contributed by atoms with Gasteiger partial charge >= 0.3 is 6.09 Å². The Morgan fingerprint density at radius 3 is 2.67 bits per heavy atom. The van der Waals surface area contributed by atoms with E-state index in [0.717, 1.165) is 22.1 Å². The van der Waals surface area contributed by atoms with Crippen LogP contribution in [0.4, 0.5) is 4.79 Å². The van der Waals surface area contributed by atoms with Crippen molar-refractivity contribution in [2.45, 2.75) is 39.3 Å². The van der Waals surface area contributed by atoms with E-state index in [1.165, 1.54) is 0 Å². The first-order chi connectivity index (χ1) is 11.2. The predicted molar refractivity (Wildman–Crippen MR) is 96.4 cm³/mol. The zero-order valence-electron chi connectivity index (χ0n) is 14.5. The molecule has 6 nitrogen and oxygen atoms in total. The van der Waals surface area contributed by atoms with Crippen molar-refractivity contribution in [1.82, 2.24) is 19.7 Å². The highest BCUT2D eigenvalue weighted by Gasteiger charge is 2.35. The van der Waals surface area contributed by atoms with Crippen LogP contribution in [0.1, 0.15) is 32.5 Å². The van der Waals surface area contributed by atoms with Crippen molar-refractivity contribution in [3.63, 3.8) is 0 Å². The highest BCUT2D eigenvalue weighted by molar-refractivity contribution is 7.28. The maximum atomic E-state index is 12.0. The zero-order valence-corrected chi connectivity index (χ0v) is 15.6. The number of likely N-dealkylation sites (tertiary alicyclic amines) is 1. The summed E-state index contributed by atoms with van der Waals surface area (Å²) in [5, 5.41) is 5.55. The van der Waals surface area contributed by atoms with Crippen LogP contribution in [0.25, 0.3) is 11.1 Å². The van der Waals surface area contributed by atoms with E-state index in [-0.39, 0.29) is 12.1 Å². The summed E-state index contributed by atoms with van der Waals surface area (Å²) in [7, 11) is 2.74. The third kappa shape index (κ3) is 3.59. The van der Waals surface area contributed by atoms with Crippen LogP contribution >= 0.6 is 9.24 Å². The van der Waals surface area contributed by atoms with Crippen molar-refractivity contribution < 1.29 is 9.53 Å². The number of aryl methyl sites for hydroxylation is 1. The molecule has 1 saturated heterocycles. The second-order valence-corrected chi connectivity index (χ2v) is 7.78. The van der Waals surface area contributed by atoms with Crippen molar-refractivity contribution >= 4 is 20.6 Å². The third-order valence-corrected chi connectivity index (χ3v) is 4.35. The average molecular weight is 346 g/mol. The molecule has 128 valence electrons. The molecule has 1 aliphatic heterocycles. The molecular weight excluding hydrogens is 323 g/mol. The standard InChI is InChI=1S/C17H23N4O2P/c1-11-5-15(24)14(7-18-11)12-6-19-21(8-12)13-9-20(10-13)16(22)23-17(2,3)4/h5-8,13H,9-10,24H2,1-4H3. The molecule has 0 saturated carbocycles. The molecular formula is C17H23N4O2P. The lowest BCUT2D eigenvalue weighted by Crippen LogP contribution is -2.52. The van der Waals surface area contributed by atoms with Gasteiger partial charge in [-0.1, -0.05) is 0 Å². The van der Waals surface area contributed by atoms with E-state index < -0.39 is 5.60 Å². The molecule has 2 aromatic rings. The maximum Gasteiger partial charge on any atom is 0.410 e. The van der Waals surface area contributed by atoms with Crippen molar-refractivity contribution in [1.29, 1.82) is 0 Å². The fourth-order valence-electron chi connectivity index (χ4n) is 2.60. The Kier molecular flexibility index (Phi) is 4.35. The second kappa shape index (κ2) is 6.17. The zero-order chi connectivity index (χ0) is 17.5. The van der Waals surface area contributed by atoms with Gasteiger partial charge < -0.3 is 9.64 Å². The van der Waals surface area contributed by atoms with Crippen LogP contribution in [-0.4, -0.2) is 44.4 Å². The minimum Gasteiger partial charge on any atom is -0.444 e. The van der Waals surface area contributed by atoms with E-state index in [4.69, 9.17) is 4.74 Å². The Morgan fingerprint density at radius 1 is 1.33 bits per heavy atom. The summed E-state index contributed by atoms with van der Waals surface area (Å²) in [5.41, 5.74) is 2.61. The topological polar surface area (TPSA) is 60.2 Å². The van der Waals surface area contributed by atoms with E-state index in [0.29, 0.717) is 13.1 Å². The summed E-state index contributed by atoms with van der Waals surface area (Å²) >= 11 is 0. The van der Waals surface area contributed by atoms with Gasteiger partial charge in [0.15, 0.2) is 0 Å². The number of carbonyl (C=O) groups excluding carboxylic acids is 1. The summed E-state index contributed by atoms with van der Waals surface area (Å²) in [6, 6.07) is 2.22. The molecule has 7 heteroatoms. The first kappa shape index (κ1) is 16.9. The van der Waals surface area contributed by atoms with Gasteiger partial charge in [-0.2, -0.15) is 5.10 Å². The lowest BCUT2D eigenvalue weighted by Gasteiger charge is -2.39. The SMILES string of the molecule is Cc1cc(P)c(-c2cnn(C3CN(C(=O)OC(C)(C)C)C3)c2)cn1. The van der Waals surface area contributed by atoms with Crippen LogP contribution in [-0.2, 0) is 4.74 Å². The molecule has 1 atom stereocenters. The number of carbonyl (C=O) groups is 1. The van der Waals surface area contributed by atoms with E-state index in [2.05, 4.69) is 19.3 Å². The Balaban J connectivity index is 1.65. The molecule has 0 aliphatic carbocycles. The molecule has 1 fully saturated rings. The van der Waals surface area contributed by atoms with Gasteiger partial charge in [-0.25, -0.2) is 4.79 Å². The number of nitrogens with zero attached hydrogens (tertiary/aromatic N) is 4. The van der Waals surface area contributed by atoms with Gasteiger partial charge in [-0.05, 0) is 39.1 Å². The molecule has 0 spiro atoms. The second-order valence-electron chi connectivity index (χ2n) is 7.16. The molecule has 0 N–H and O–H groups in total. The lowest BCUT2D eigenvalue weighted by molar-refractivity contribution is -0.000380. The Hall–Kier alpha value is -1.94. The molecule has 3 heterocycles. The molecule has 1 unspecified atom stereocenters. The smallest absolute Gasteiger partial charge is 0.410 e. The summed E-state index contributed by atoms with van der Waals surface area (Å²) in [4.78, 5) is 18.0. The summed E-state index contributed by atoms with van der Waals surface area (Å²) < 4.78 is 7.29. The van der Waals surface area contributed by atoms with Gasteiger partial charge in [0.25, 0.3) is 0 Å².